The smallest absolute Gasteiger partial charge is 0.308 e. The molecule has 0 aromatic rings. The van der Waals surface area contributed by atoms with Crippen LogP contribution in [0.5, 0.6) is 0 Å². The van der Waals surface area contributed by atoms with Crippen LogP contribution in [0, 0.1) is 17.3 Å². The van der Waals surface area contributed by atoms with Crippen LogP contribution >= 0.6 is 0 Å². The molecule has 0 aromatic heterocycles. The molecule has 2 rings (SSSR count). The molecule has 2 N–H and O–H groups in total. The lowest BCUT2D eigenvalue weighted by atomic mass is 9.73. The molecule has 26 heavy (non-hydrogen) atoms. The van der Waals surface area contributed by atoms with Gasteiger partial charge in [-0.2, -0.15) is 0 Å². The van der Waals surface area contributed by atoms with Crippen molar-refractivity contribution in [2.45, 2.75) is 90.6 Å². The van der Waals surface area contributed by atoms with Gasteiger partial charge in [-0.1, -0.05) is 34.1 Å². The van der Waals surface area contributed by atoms with Gasteiger partial charge in [-0.15, -0.1) is 0 Å². The molecule has 0 radical (unpaired) electrons. The van der Waals surface area contributed by atoms with Gasteiger partial charge in [0.2, 0.25) is 0 Å². The highest BCUT2D eigenvalue weighted by molar-refractivity contribution is 5.87. The third kappa shape index (κ3) is 4.65. The lowest BCUT2D eigenvalue weighted by Gasteiger charge is -2.34. The molecule has 2 aliphatic rings. The topological polar surface area (TPSA) is 96.4 Å². The molecule has 2 fully saturated rings. The summed E-state index contributed by atoms with van der Waals surface area (Å²) in [5.41, 5.74) is -1.31. The molecular weight excluding hydrogens is 336 g/mol. The Kier molecular flexibility index (Phi) is 6.52. The first-order chi connectivity index (χ1) is 12.0. The number of Topliss-reactive ketones (excluding diaryl/α,β-unsaturated/α-hetero) is 1. The van der Waals surface area contributed by atoms with E-state index in [1.807, 2.05) is 6.92 Å². The van der Waals surface area contributed by atoms with E-state index in [0.29, 0.717) is 6.42 Å². The predicted molar refractivity (Wildman–Crippen MR) is 96.5 cm³/mol. The largest absolute Gasteiger partial charge is 0.465 e. The van der Waals surface area contributed by atoms with Crippen molar-refractivity contribution in [3.8, 4) is 0 Å². The lowest BCUT2D eigenvalue weighted by molar-refractivity contribution is -0.151. The standard InChI is InChI=1S/C20H34O6/c1-12-7-6-9-20(5)15(26-20)8-10-25-16(22)11-14(21)19(3,4)18(24)13(2)17(12)23/h12-15,17,21,23H,6-11H2,1-5H3. The molecule has 2 heterocycles. The third-order valence-electron chi connectivity index (χ3n) is 6.35. The fourth-order valence-corrected chi connectivity index (χ4v) is 3.97. The van der Waals surface area contributed by atoms with Crippen molar-refractivity contribution >= 4 is 11.8 Å². The molecule has 150 valence electrons. The molecule has 6 nitrogen and oxygen atoms in total. The predicted octanol–water partition coefficient (Wildman–Crippen LogP) is 2.24. The van der Waals surface area contributed by atoms with E-state index in [4.69, 9.17) is 9.47 Å². The molecule has 6 heteroatoms. The summed E-state index contributed by atoms with van der Waals surface area (Å²) in [6.07, 6.45) is 1.15. The Labute approximate surface area is 156 Å². The number of aliphatic hydroxyl groups is 2. The van der Waals surface area contributed by atoms with E-state index in [2.05, 4.69) is 6.92 Å². The van der Waals surface area contributed by atoms with E-state index in [1.54, 1.807) is 20.8 Å². The summed E-state index contributed by atoms with van der Waals surface area (Å²) in [6.45, 7) is 9.20. The van der Waals surface area contributed by atoms with Crippen LogP contribution in [0.25, 0.3) is 0 Å². The second-order valence-electron chi connectivity index (χ2n) is 8.88. The van der Waals surface area contributed by atoms with Crippen molar-refractivity contribution in [1.29, 1.82) is 0 Å². The molecule has 0 aromatic carbocycles. The maximum Gasteiger partial charge on any atom is 0.308 e. The fourth-order valence-electron chi connectivity index (χ4n) is 3.97. The molecular formula is C20H34O6. The molecule has 0 amide bonds. The number of ether oxygens (including phenoxy) is 2. The van der Waals surface area contributed by atoms with E-state index < -0.39 is 29.5 Å². The van der Waals surface area contributed by atoms with E-state index in [9.17, 15) is 19.8 Å². The minimum atomic E-state index is -1.15. The Bertz CT molecular complexity index is 530. The zero-order valence-corrected chi connectivity index (χ0v) is 16.7. The average Bonchev–Trinajstić information content (AvgIpc) is 3.21. The maximum atomic E-state index is 12.9. The summed E-state index contributed by atoms with van der Waals surface area (Å²) in [7, 11) is 0. The number of cyclic esters (lactones) is 1. The van der Waals surface area contributed by atoms with E-state index in [0.717, 1.165) is 19.3 Å². The number of ketones is 1. The number of carbonyl (C=O) groups excluding carboxylic acids is 2. The van der Waals surface area contributed by atoms with Crippen molar-refractivity contribution in [2.24, 2.45) is 17.3 Å². The number of esters is 1. The number of fused-ring (bicyclic) bond motifs is 1. The number of carbonyl (C=O) groups is 2. The van der Waals surface area contributed by atoms with Crippen molar-refractivity contribution < 1.29 is 29.3 Å². The quantitative estimate of drug-likeness (QED) is 0.501. The Balaban J connectivity index is 2.13. The van der Waals surface area contributed by atoms with Crippen molar-refractivity contribution in [3.63, 3.8) is 0 Å². The highest BCUT2D eigenvalue weighted by Crippen LogP contribution is 2.43. The van der Waals surface area contributed by atoms with Crippen LogP contribution in [-0.4, -0.2) is 52.5 Å². The zero-order chi connectivity index (χ0) is 19.7. The van der Waals surface area contributed by atoms with Gasteiger partial charge in [0.15, 0.2) is 0 Å². The summed E-state index contributed by atoms with van der Waals surface area (Å²) in [5, 5.41) is 21.0. The molecule has 0 spiro atoms. The van der Waals surface area contributed by atoms with Crippen LogP contribution in [0.2, 0.25) is 0 Å². The van der Waals surface area contributed by atoms with Gasteiger partial charge in [-0.05, 0) is 25.7 Å². The first-order valence-corrected chi connectivity index (χ1v) is 9.73. The van der Waals surface area contributed by atoms with Crippen LogP contribution < -0.4 is 0 Å². The Hall–Kier alpha value is -0.980. The highest BCUT2D eigenvalue weighted by atomic mass is 16.6. The lowest BCUT2D eigenvalue weighted by Crippen LogP contribution is -2.45. The van der Waals surface area contributed by atoms with Gasteiger partial charge in [-0.3, -0.25) is 9.59 Å². The van der Waals surface area contributed by atoms with Crippen LogP contribution in [0.4, 0.5) is 0 Å². The molecule has 2 aliphatic heterocycles. The van der Waals surface area contributed by atoms with Gasteiger partial charge in [-0.25, -0.2) is 0 Å². The van der Waals surface area contributed by atoms with Crippen LogP contribution in [0.15, 0.2) is 0 Å². The van der Waals surface area contributed by atoms with Crippen LogP contribution in [0.3, 0.4) is 0 Å². The van der Waals surface area contributed by atoms with Crippen molar-refractivity contribution in [3.05, 3.63) is 0 Å². The van der Waals surface area contributed by atoms with Gasteiger partial charge in [0, 0.05) is 12.3 Å². The summed E-state index contributed by atoms with van der Waals surface area (Å²) in [5.74, 6) is -1.39. The van der Waals surface area contributed by atoms with E-state index in [1.165, 1.54) is 0 Å². The average molecular weight is 370 g/mol. The first kappa shape index (κ1) is 21.3. The van der Waals surface area contributed by atoms with Gasteiger partial charge < -0.3 is 19.7 Å². The third-order valence-corrected chi connectivity index (χ3v) is 6.35. The first-order valence-electron chi connectivity index (χ1n) is 9.73. The molecule has 0 saturated carbocycles. The van der Waals surface area contributed by atoms with Crippen LogP contribution in [-0.2, 0) is 19.1 Å². The number of epoxide rings is 1. The Morgan fingerprint density at radius 1 is 1.08 bits per heavy atom. The Morgan fingerprint density at radius 3 is 2.38 bits per heavy atom. The van der Waals surface area contributed by atoms with Crippen LogP contribution in [0.1, 0.15) is 66.7 Å². The normalized spacial score (nSPS) is 42.7. The number of hydrogen-bond donors (Lipinski definition) is 2. The molecule has 0 bridgehead atoms. The second-order valence-corrected chi connectivity index (χ2v) is 8.88. The summed E-state index contributed by atoms with van der Waals surface area (Å²) in [6, 6.07) is 0. The SMILES string of the molecule is CC1CCCC2(C)OC2CCOC(=O)CC(O)C(C)(C)C(=O)C(C)C1O. The maximum absolute atomic E-state index is 12.9. The summed E-state index contributed by atoms with van der Waals surface area (Å²) >= 11 is 0. The zero-order valence-electron chi connectivity index (χ0n) is 16.7. The summed E-state index contributed by atoms with van der Waals surface area (Å²) < 4.78 is 11.0. The van der Waals surface area contributed by atoms with Crippen molar-refractivity contribution in [2.75, 3.05) is 6.61 Å². The number of rotatable bonds is 0. The van der Waals surface area contributed by atoms with E-state index in [-0.39, 0.29) is 36.4 Å². The van der Waals surface area contributed by atoms with Gasteiger partial charge in [0.1, 0.15) is 5.78 Å². The molecule has 0 aliphatic carbocycles. The van der Waals surface area contributed by atoms with Crippen molar-refractivity contribution in [1.82, 2.24) is 0 Å². The number of hydrogen-bond acceptors (Lipinski definition) is 6. The van der Waals surface area contributed by atoms with E-state index >= 15 is 0 Å². The number of aliphatic hydroxyl groups excluding tert-OH is 2. The van der Waals surface area contributed by atoms with Gasteiger partial charge in [0.25, 0.3) is 0 Å². The highest BCUT2D eigenvalue weighted by Gasteiger charge is 2.51. The van der Waals surface area contributed by atoms with Gasteiger partial charge >= 0.3 is 5.97 Å². The summed E-state index contributed by atoms with van der Waals surface area (Å²) in [4.78, 5) is 24.8. The monoisotopic (exact) mass is 370 g/mol. The molecule has 2 saturated heterocycles. The fraction of sp³-hybridized carbons (Fsp3) is 0.900. The van der Waals surface area contributed by atoms with Gasteiger partial charge in [0.05, 0.1) is 42.4 Å². The molecule has 6 atom stereocenters. The molecule has 6 unspecified atom stereocenters. The minimum Gasteiger partial charge on any atom is -0.465 e. The second kappa shape index (κ2) is 7.95. The minimum absolute atomic E-state index is 0.0273. The Morgan fingerprint density at radius 2 is 1.73 bits per heavy atom.